The second kappa shape index (κ2) is 8.08. The first-order chi connectivity index (χ1) is 14.4. The molecule has 1 aliphatic carbocycles. The van der Waals surface area contributed by atoms with Gasteiger partial charge in [-0.1, -0.05) is 13.0 Å². The van der Waals surface area contributed by atoms with Crippen molar-refractivity contribution in [1.82, 2.24) is 14.9 Å². The van der Waals surface area contributed by atoms with Crippen LogP contribution in [-0.4, -0.2) is 45.8 Å². The van der Waals surface area contributed by atoms with E-state index in [0.29, 0.717) is 29.5 Å². The lowest BCUT2D eigenvalue weighted by Crippen LogP contribution is -2.36. The molecule has 30 heavy (non-hydrogen) atoms. The first-order valence-corrected chi connectivity index (χ1v) is 10.4. The Bertz CT molecular complexity index is 952. The summed E-state index contributed by atoms with van der Waals surface area (Å²) in [5, 5.41) is 3.04. The summed E-state index contributed by atoms with van der Waals surface area (Å²) >= 11 is 0. The van der Waals surface area contributed by atoms with E-state index < -0.39 is 0 Å². The molecule has 0 bridgehead atoms. The number of hydrogen-bond donors (Lipinski definition) is 1. The van der Waals surface area contributed by atoms with Gasteiger partial charge in [-0.15, -0.1) is 0 Å². The highest BCUT2D eigenvalue weighted by atomic mass is 19.1. The lowest BCUT2D eigenvalue weighted by atomic mass is 10.1. The summed E-state index contributed by atoms with van der Waals surface area (Å²) in [5.74, 6) is 0.887. The lowest BCUT2D eigenvalue weighted by Gasteiger charge is -2.22. The van der Waals surface area contributed by atoms with Crippen molar-refractivity contribution >= 4 is 17.6 Å². The molecule has 2 fully saturated rings. The Labute approximate surface area is 175 Å². The molecule has 3 atom stereocenters. The number of piperidine rings is 1. The van der Waals surface area contributed by atoms with Gasteiger partial charge in [0.15, 0.2) is 0 Å². The molecule has 2 heterocycles. The van der Waals surface area contributed by atoms with E-state index in [1.54, 1.807) is 11.0 Å². The highest BCUT2D eigenvalue weighted by Gasteiger charge is 2.57. The zero-order valence-corrected chi connectivity index (χ0v) is 17.7. The molecule has 1 aromatic heterocycles. The number of nitrogens with one attached hydrogen (secondary N) is 1. The first-order valence-electron chi connectivity index (χ1n) is 10.4. The number of ether oxygens (including phenoxy) is 2. The summed E-state index contributed by atoms with van der Waals surface area (Å²) in [6.07, 6.45) is 2.48. The first kappa shape index (κ1) is 20.4. The second-order valence-electron chi connectivity index (χ2n) is 8.15. The minimum absolute atomic E-state index is 0.142. The fourth-order valence-corrected chi connectivity index (χ4v) is 3.86. The van der Waals surface area contributed by atoms with Crippen molar-refractivity contribution in [3.05, 3.63) is 41.5 Å². The molecule has 1 saturated heterocycles. The standard InChI is InChI=1S/C22H27FN4O3/c1-5-14-6-7-17(16(23)8-14)26-20-13(4)21(25-11-24-20)30-19-10-27(18-9-15(18)19)22(28)29-12(2)3/h6-8,11-12,15,18-19H,5,9-10H2,1-4H3,(H,24,25,26). The number of carbonyl (C=O) groups excluding carboxylic acids is 1. The zero-order valence-electron chi connectivity index (χ0n) is 17.7. The van der Waals surface area contributed by atoms with Gasteiger partial charge in [-0.3, -0.25) is 0 Å². The van der Waals surface area contributed by atoms with Crippen molar-refractivity contribution in [3.63, 3.8) is 0 Å². The number of anilines is 2. The SMILES string of the molecule is CCc1ccc(Nc2ncnc(OC3CN(C(=O)OC(C)C)C4CC34)c2C)c(F)c1. The highest BCUT2D eigenvalue weighted by molar-refractivity contribution is 5.69. The van der Waals surface area contributed by atoms with E-state index in [9.17, 15) is 9.18 Å². The third kappa shape index (κ3) is 4.04. The van der Waals surface area contributed by atoms with Crippen molar-refractivity contribution in [2.75, 3.05) is 11.9 Å². The molecule has 1 aliphatic heterocycles. The number of benzene rings is 1. The number of amides is 1. The second-order valence-corrected chi connectivity index (χ2v) is 8.15. The molecule has 4 rings (SSSR count). The van der Waals surface area contributed by atoms with Gasteiger partial charge in [-0.05, 0) is 51.3 Å². The van der Waals surface area contributed by atoms with Gasteiger partial charge in [0, 0.05) is 12.0 Å². The number of hydrogen-bond acceptors (Lipinski definition) is 6. The summed E-state index contributed by atoms with van der Waals surface area (Å²) in [7, 11) is 0. The topological polar surface area (TPSA) is 76.6 Å². The molecule has 1 N–H and O–H groups in total. The smallest absolute Gasteiger partial charge is 0.410 e. The number of fused-ring (bicyclic) bond motifs is 1. The predicted octanol–water partition coefficient (Wildman–Crippen LogP) is 4.23. The highest BCUT2D eigenvalue weighted by Crippen LogP contribution is 2.46. The monoisotopic (exact) mass is 414 g/mol. The van der Waals surface area contributed by atoms with Crippen LogP contribution in [0, 0.1) is 18.7 Å². The quantitative estimate of drug-likeness (QED) is 0.762. The molecule has 1 amide bonds. The van der Waals surface area contributed by atoms with Crippen LogP contribution in [0.4, 0.5) is 20.7 Å². The fraction of sp³-hybridized carbons (Fsp3) is 0.500. The average Bonchev–Trinajstić information content (AvgIpc) is 3.41. The number of aryl methyl sites for hydroxylation is 1. The lowest BCUT2D eigenvalue weighted by molar-refractivity contribution is 0.0717. The molecule has 160 valence electrons. The van der Waals surface area contributed by atoms with Gasteiger partial charge in [-0.2, -0.15) is 0 Å². The van der Waals surface area contributed by atoms with Crippen molar-refractivity contribution < 1.29 is 18.7 Å². The molecular weight excluding hydrogens is 387 g/mol. The van der Waals surface area contributed by atoms with Gasteiger partial charge in [0.25, 0.3) is 0 Å². The Kier molecular flexibility index (Phi) is 5.49. The minimum Gasteiger partial charge on any atom is -0.472 e. The van der Waals surface area contributed by atoms with Gasteiger partial charge >= 0.3 is 6.09 Å². The van der Waals surface area contributed by atoms with E-state index in [4.69, 9.17) is 9.47 Å². The van der Waals surface area contributed by atoms with Crippen molar-refractivity contribution in [3.8, 4) is 5.88 Å². The maximum absolute atomic E-state index is 14.4. The largest absolute Gasteiger partial charge is 0.472 e. The molecule has 1 saturated carbocycles. The molecule has 0 spiro atoms. The van der Waals surface area contributed by atoms with E-state index in [1.807, 2.05) is 33.8 Å². The Hall–Kier alpha value is -2.90. The summed E-state index contributed by atoms with van der Waals surface area (Å²) in [6.45, 7) is 7.96. The van der Waals surface area contributed by atoms with Crippen LogP contribution in [0.25, 0.3) is 0 Å². The van der Waals surface area contributed by atoms with Crippen LogP contribution in [0.2, 0.25) is 0 Å². The maximum Gasteiger partial charge on any atom is 0.410 e. The zero-order chi connectivity index (χ0) is 21.4. The van der Waals surface area contributed by atoms with Crippen LogP contribution in [0.15, 0.2) is 24.5 Å². The summed E-state index contributed by atoms with van der Waals surface area (Å²) < 4.78 is 25.8. The number of carbonyl (C=O) groups is 1. The summed E-state index contributed by atoms with van der Waals surface area (Å²) in [4.78, 5) is 22.5. The molecule has 0 radical (unpaired) electrons. The van der Waals surface area contributed by atoms with Crippen LogP contribution >= 0.6 is 0 Å². The van der Waals surface area contributed by atoms with E-state index in [-0.39, 0.29) is 36.1 Å². The van der Waals surface area contributed by atoms with Gasteiger partial charge in [0.1, 0.15) is 24.1 Å². The third-order valence-corrected chi connectivity index (χ3v) is 5.63. The van der Waals surface area contributed by atoms with Crippen LogP contribution in [0.1, 0.15) is 38.3 Å². The Morgan fingerprint density at radius 2 is 2.17 bits per heavy atom. The Balaban J connectivity index is 1.46. The van der Waals surface area contributed by atoms with Crippen LogP contribution in [0.3, 0.4) is 0 Å². The normalized spacial score (nSPS) is 22.1. The van der Waals surface area contributed by atoms with E-state index in [1.165, 1.54) is 12.4 Å². The molecule has 3 unspecified atom stereocenters. The molecule has 8 heteroatoms. The third-order valence-electron chi connectivity index (χ3n) is 5.63. The summed E-state index contributed by atoms with van der Waals surface area (Å²) in [5.41, 5.74) is 1.98. The minimum atomic E-state index is -0.328. The molecule has 2 aliphatic rings. The Morgan fingerprint density at radius 1 is 1.37 bits per heavy atom. The molecular formula is C22H27FN4O3. The van der Waals surface area contributed by atoms with Gasteiger partial charge in [0.2, 0.25) is 5.88 Å². The Morgan fingerprint density at radius 3 is 2.87 bits per heavy atom. The van der Waals surface area contributed by atoms with Gasteiger partial charge < -0.3 is 19.7 Å². The molecule has 7 nitrogen and oxygen atoms in total. The van der Waals surface area contributed by atoms with E-state index >= 15 is 0 Å². The van der Waals surface area contributed by atoms with Crippen molar-refractivity contribution in [2.24, 2.45) is 5.92 Å². The van der Waals surface area contributed by atoms with E-state index in [2.05, 4.69) is 15.3 Å². The summed E-state index contributed by atoms with van der Waals surface area (Å²) in [6, 6.07) is 5.29. The predicted molar refractivity (Wildman–Crippen MR) is 110 cm³/mol. The number of nitrogens with zero attached hydrogens (tertiary/aromatic N) is 3. The van der Waals surface area contributed by atoms with E-state index in [0.717, 1.165) is 18.4 Å². The number of halogens is 1. The molecule has 2 aromatic rings. The number of rotatable bonds is 6. The average molecular weight is 414 g/mol. The van der Waals surface area contributed by atoms with Crippen LogP contribution in [0.5, 0.6) is 5.88 Å². The van der Waals surface area contributed by atoms with Gasteiger partial charge in [-0.25, -0.2) is 19.2 Å². The van der Waals surface area contributed by atoms with Crippen molar-refractivity contribution in [1.29, 1.82) is 0 Å². The number of aromatic nitrogens is 2. The van der Waals surface area contributed by atoms with Crippen LogP contribution in [-0.2, 0) is 11.2 Å². The maximum atomic E-state index is 14.4. The molecule has 1 aromatic carbocycles. The number of likely N-dealkylation sites (tertiary alicyclic amines) is 1. The van der Waals surface area contributed by atoms with Crippen molar-refractivity contribution in [2.45, 2.75) is 58.8 Å². The van der Waals surface area contributed by atoms with Gasteiger partial charge in [0.05, 0.1) is 23.9 Å². The fourth-order valence-electron chi connectivity index (χ4n) is 3.86. The van der Waals surface area contributed by atoms with Crippen LogP contribution < -0.4 is 10.1 Å².